The van der Waals surface area contributed by atoms with Crippen LogP contribution < -0.4 is 0 Å². The minimum atomic E-state index is -3.87. The van der Waals surface area contributed by atoms with Gasteiger partial charge in [0.1, 0.15) is 5.75 Å². The lowest BCUT2D eigenvalue weighted by atomic mass is 9.98. The van der Waals surface area contributed by atoms with Crippen LogP contribution in [0.3, 0.4) is 0 Å². The standard InChI is InChI=1S/C22H20N2O3S/c1-16-11-13-17(14-12-16)20-15-21(19-9-5-6-10-22(19)25)24(23-20)28(26,27)18-7-3-2-4-8-18/h2-14,21,25H,15H2,1H3/t21-/m0/s1. The Kier molecular flexibility index (Phi) is 4.65. The van der Waals surface area contributed by atoms with Crippen LogP contribution in [0.2, 0.25) is 0 Å². The highest BCUT2D eigenvalue weighted by Crippen LogP contribution is 2.40. The quantitative estimate of drug-likeness (QED) is 0.722. The van der Waals surface area contributed by atoms with Gasteiger partial charge in [0, 0.05) is 12.0 Å². The average Bonchev–Trinajstić information content (AvgIpc) is 3.15. The Bertz CT molecular complexity index is 1120. The van der Waals surface area contributed by atoms with Crippen molar-refractivity contribution >= 4 is 15.7 Å². The van der Waals surface area contributed by atoms with E-state index in [0.717, 1.165) is 15.5 Å². The van der Waals surface area contributed by atoms with Crippen molar-refractivity contribution < 1.29 is 13.5 Å². The second-order valence-electron chi connectivity index (χ2n) is 6.78. The number of phenols is 1. The number of hydrogen-bond acceptors (Lipinski definition) is 4. The molecule has 1 heterocycles. The van der Waals surface area contributed by atoms with Crippen molar-refractivity contribution in [2.75, 3.05) is 0 Å². The Labute approximate surface area is 164 Å². The third-order valence-corrected chi connectivity index (χ3v) is 6.54. The molecule has 0 aliphatic carbocycles. The molecule has 1 atom stereocenters. The number of hydrazone groups is 1. The maximum absolute atomic E-state index is 13.3. The zero-order valence-electron chi connectivity index (χ0n) is 15.4. The van der Waals surface area contributed by atoms with Crippen LogP contribution in [0.5, 0.6) is 5.75 Å². The lowest BCUT2D eigenvalue weighted by molar-refractivity contribution is 0.358. The summed E-state index contributed by atoms with van der Waals surface area (Å²) in [6.45, 7) is 2.00. The Morgan fingerprint density at radius 2 is 1.57 bits per heavy atom. The second kappa shape index (κ2) is 7.13. The first-order valence-electron chi connectivity index (χ1n) is 8.99. The first-order valence-corrected chi connectivity index (χ1v) is 10.4. The highest BCUT2D eigenvalue weighted by molar-refractivity contribution is 7.89. The van der Waals surface area contributed by atoms with E-state index >= 15 is 0 Å². The molecule has 0 unspecified atom stereocenters. The lowest BCUT2D eigenvalue weighted by Crippen LogP contribution is -2.27. The number of phenolic OH excluding ortho intramolecular Hbond substituents is 1. The number of aromatic hydroxyl groups is 1. The van der Waals surface area contributed by atoms with E-state index < -0.39 is 16.1 Å². The minimum absolute atomic E-state index is 0.0566. The fourth-order valence-electron chi connectivity index (χ4n) is 3.33. The van der Waals surface area contributed by atoms with Crippen molar-refractivity contribution in [1.82, 2.24) is 4.41 Å². The number of benzene rings is 3. The summed E-state index contributed by atoms with van der Waals surface area (Å²) in [5.41, 5.74) is 3.20. The largest absolute Gasteiger partial charge is 0.508 e. The molecule has 3 aromatic rings. The van der Waals surface area contributed by atoms with Gasteiger partial charge in [0.2, 0.25) is 0 Å². The molecule has 1 aliphatic heterocycles. The van der Waals surface area contributed by atoms with Gasteiger partial charge in [-0.3, -0.25) is 0 Å². The van der Waals surface area contributed by atoms with E-state index in [0.29, 0.717) is 17.7 Å². The Morgan fingerprint density at radius 1 is 0.929 bits per heavy atom. The molecule has 0 saturated heterocycles. The van der Waals surface area contributed by atoms with Gasteiger partial charge in [0.25, 0.3) is 10.0 Å². The highest BCUT2D eigenvalue weighted by atomic mass is 32.2. The monoisotopic (exact) mass is 392 g/mol. The van der Waals surface area contributed by atoms with Gasteiger partial charge in [-0.05, 0) is 30.7 Å². The summed E-state index contributed by atoms with van der Waals surface area (Å²) in [6, 6.07) is 22.3. The van der Waals surface area contributed by atoms with E-state index in [1.54, 1.807) is 54.6 Å². The van der Waals surface area contributed by atoms with Crippen LogP contribution in [-0.2, 0) is 10.0 Å². The third kappa shape index (κ3) is 3.27. The number of para-hydroxylation sites is 1. The zero-order chi connectivity index (χ0) is 19.7. The second-order valence-corrected chi connectivity index (χ2v) is 8.58. The van der Waals surface area contributed by atoms with E-state index in [1.165, 1.54) is 0 Å². The summed E-state index contributed by atoms with van der Waals surface area (Å²) in [5.74, 6) is 0.0566. The summed E-state index contributed by atoms with van der Waals surface area (Å²) in [5, 5.41) is 14.8. The fraction of sp³-hybridized carbons (Fsp3) is 0.136. The van der Waals surface area contributed by atoms with Crippen LogP contribution >= 0.6 is 0 Å². The molecule has 0 fully saturated rings. The SMILES string of the molecule is Cc1ccc(C2=NN(S(=O)(=O)c3ccccc3)[C@H](c3ccccc3O)C2)cc1. The highest BCUT2D eigenvalue weighted by Gasteiger charge is 2.38. The summed E-state index contributed by atoms with van der Waals surface area (Å²) in [4.78, 5) is 0.171. The molecule has 6 heteroatoms. The maximum atomic E-state index is 13.3. The van der Waals surface area contributed by atoms with Gasteiger partial charge in [-0.15, -0.1) is 0 Å². The van der Waals surface area contributed by atoms with Crippen LogP contribution in [0.15, 0.2) is 88.9 Å². The van der Waals surface area contributed by atoms with Gasteiger partial charge >= 0.3 is 0 Å². The average molecular weight is 392 g/mol. The number of aryl methyl sites for hydroxylation is 1. The molecule has 0 amide bonds. The molecule has 0 radical (unpaired) electrons. The number of hydrogen-bond donors (Lipinski definition) is 1. The van der Waals surface area contributed by atoms with Crippen molar-refractivity contribution in [2.24, 2.45) is 5.10 Å². The summed E-state index contributed by atoms with van der Waals surface area (Å²) < 4.78 is 27.7. The first kappa shape index (κ1) is 18.3. The molecule has 3 aromatic carbocycles. The van der Waals surface area contributed by atoms with Gasteiger partial charge in [0.05, 0.1) is 16.6 Å². The molecule has 0 saturated carbocycles. The topological polar surface area (TPSA) is 70.0 Å². The predicted octanol–water partition coefficient (Wildman–Crippen LogP) is 4.24. The van der Waals surface area contributed by atoms with Crippen LogP contribution in [-0.4, -0.2) is 23.7 Å². The molecule has 0 spiro atoms. The molecule has 0 bridgehead atoms. The van der Waals surface area contributed by atoms with Crippen molar-refractivity contribution in [3.63, 3.8) is 0 Å². The van der Waals surface area contributed by atoms with Crippen molar-refractivity contribution in [3.8, 4) is 5.75 Å². The fourth-order valence-corrected chi connectivity index (χ4v) is 4.78. The maximum Gasteiger partial charge on any atom is 0.279 e. The molecule has 4 rings (SSSR count). The summed E-state index contributed by atoms with van der Waals surface area (Å²) in [7, 11) is -3.87. The normalized spacial score (nSPS) is 16.8. The van der Waals surface area contributed by atoms with E-state index in [-0.39, 0.29) is 10.6 Å². The van der Waals surface area contributed by atoms with Crippen LogP contribution in [0.4, 0.5) is 0 Å². The number of sulfonamides is 1. The van der Waals surface area contributed by atoms with E-state index in [9.17, 15) is 13.5 Å². The Balaban J connectivity index is 1.82. The first-order chi connectivity index (χ1) is 13.5. The third-order valence-electron chi connectivity index (χ3n) is 4.84. The van der Waals surface area contributed by atoms with E-state index in [2.05, 4.69) is 5.10 Å². The number of nitrogens with zero attached hydrogens (tertiary/aromatic N) is 2. The molecular formula is C22H20N2O3S. The van der Waals surface area contributed by atoms with Gasteiger partial charge < -0.3 is 5.11 Å². The van der Waals surface area contributed by atoms with E-state index in [1.807, 2.05) is 31.2 Å². The predicted molar refractivity (Wildman–Crippen MR) is 109 cm³/mol. The van der Waals surface area contributed by atoms with Crippen LogP contribution in [0.1, 0.15) is 29.2 Å². The summed E-state index contributed by atoms with van der Waals surface area (Å²) >= 11 is 0. The molecule has 142 valence electrons. The van der Waals surface area contributed by atoms with Crippen LogP contribution in [0, 0.1) is 6.92 Å². The molecule has 5 nitrogen and oxygen atoms in total. The Hall–Kier alpha value is -3.12. The van der Waals surface area contributed by atoms with Crippen molar-refractivity contribution in [2.45, 2.75) is 24.3 Å². The van der Waals surface area contributed by atoms with Gasteiger partial charge in [-0.2, -0.15) is 17.9 Å². The van der Waals surface area contributed by atoms with Crippen LogP contribution in [0.25, 0.3) is 0 Å². The number of rotatable bonds is 4. The van der Waals surface area contributed by atoms with Crippen molar-refractivity contribution in [3.05, 3.63) is 95.6 Å². The van der Waals surface area contributed by atoms with E-state index in [4.69, 9.17) is 0 Å². The van der Waals surface area contributed by atoms with Gasteiger partial charge in [-0.1, -0.05) is 66.2 Å². The molecular weight excluding hydrogens is 372 g/mol. The smallest absolute Gasteiger partial charge is 0.279 e. The zero-order valence-corrected chi connectivity index (χ0v) is 16.2. The molecule has 28 heavy (non-hydrogen) atoms. The molecule has 0 aromatic heterocycles. The molecule has 1 N–H and O–H groups in total. The summed E-state index contributed by atoms with van der Waals surface area (Å²) in [6.07, 6.45) is 0.382. The lowest BCUT2D eigenvalue weighted by Gasteiger charge is -2.24. The van der Waals surface area contributed by atoms with Gasteiger partial charge in [-0.25, -0.2) is 0 Å². The van der Waals surface area contributed by atoms with Gasteiger partial charge in [0.15, 0.2) is 0 Å². The van der Waals surface area contributed by atoms with Crippen molar-refractivity contribution in [1.29, 1.82) is 0 Å². The Morgan fingerprint density at radius 3 is 2.25 bits per heavy atom. The molecule has 1 aliphatic rings. The minimum Gasteiger partial charge on any atom is -0.508 e.